The summed E-state index contributed by atoms with van der Waals surface area (Å²) in [6, 6.07) is 0. The Labute approximate surface area is 102 Å². The molecule has 0 fully saturated rings. The summed E-state index contributed by atoms with van der Waals surface area (Å²) in [4.78, 5) is 0. The third-order valence-electron chi connectivity index (χ3n) is 1.85. The van der Waals surface area contributed by atoms with E-state index in [0.29, 0.717) is 26.2 Å². The smallest absolute Gasteiger partial charge is 0.0786 e. The molecule has 0 atom stereocenters. The minimum Gasteiger partial charge on any atom is -0.326 e. The molecule has 2 nitrogen and oxygen atoms in total. The molecule has 0 aliphatic rings. The predicted octanol–water partition coefficient (Wildman–Crippen LogP) is 3.22. The van der Waals surface area contributed by atoms with Crippen molar-refractivity contribution in [3.63, 3.8) is 0 Å². The van der Waals surface area contributed by atoms with Crippen LogP contribution in [-0.2, 0) is 13.1 Å². The Kier molecular flexibility index (Phi) is 4.31. The van der Waals surface area contributed by atoms with Gasteiger partial charge in [0, 0.05) is 24.2 Å². The van der Waals surface area contributed by atoms with Crippen LogP contribution in [0.3, 0.4) is 0 Å². The van der Waals surface area contributed by atoms with Gasteiger partial charge in [-0.1, -0.05) is 46.4 Å². The molecular weight excluding hydrogens is 266 g/mol. The van der Waals surface area contributed by atoms with Crippen LogP contribution in [0.5, 0.6) is 0 Å². The standard InChI is InChI=1S/C8H8Cl4N2/c9-5-3(1-13)6(10)8(12)7(11)4(5)2-14/h1-2,13-14H2. The average molecular weight is 274 g/mol. The van der Waals surface area contributed by atoms with Gasteiger partial charge in [0.15, 0.2) is 0 Å². The Morgan fingerprint density at radius 1 is 0.643 bits per heavy atom. The summed E-state index contributed by atoms with van der Waals surface area (Å²) in [5.41, 5.74) is 12.1. The van der Waals surface area contributed by atoms with Gasteiger partial charge >= 0.3 is 0 Å². The maximum absolute atomic E-state index is 6.00. The zero-order chi connectivity index (χ0) is 10.9. The number of rotatable bonds is 2. The molecule has 0 radical (unpaired) electrons. The molecular formula is C8H8Cl4N2. The highest BCUT2D eigenvalue weighted by molar-refractivity contribution is 6.50. The van der Waals surface area contributed by atoms with Gasteiger partial charge in [-0.3, -0.25) is 0 Å². The molecule has 0 unspecified atom stereocenters. The SMILES string of the molecule is NCc1c(Cl)c(Cl)c(Cl)c(CN)c1Cl. The number of nitrogens with two attached hydrogens (primary N) is 2. The average Bonchev–Trinajstić information content (AvgIpc) is 2.16. The van der Waals surface area contributed by atoms with Gasteiger partial charge in [0.25, 0.3) is 0 Å². The molecule has 0 aliphatic heterocycles. The second kappa shape index (κ2) is 4.88. The minimum absolute atomic E-state index is 0.196. The second-order valence-corrected chi connectivity index (χ2v) is 4.13. The maximum Gasteiger partial charge on any atom is 0.0786 e. The molecule has 1 rings (SSSR count). The molecule has 1 aromatic carbocycles. The lowest BCUT2D eigenvalue weighted by molar-refractivity contribution is 1.03. The number of hydrogen-bond donors (Lipinski definition) is 2. The van der Waals surface area contributed by atoms with Crippen molar-refractivity contribution in [1.29, 1.82) is 0 Å². The summed E-state index contributed by atoms with van der Waals surface area (Å²) in [6.07, 6.45) is 0. The van der Waals surface area contributed by atoms with Crippen molar-refractivity contribution in [2.75, 3.05) is 0 Å². The first-order valence-electron chi connectivity index (χ1n) is 3.78. The lowest BCUT2D eigenvalue weighted by atomic mass is 10.1. The van der Waals surface area contributed by atoms with Crippen LogP contribution in [0.25, 0.3) is 0 Å². The van der Waals surface area contributed by atoms with Gasteiger partial charge in [-0.25, -0.2) is 0 Å². The van der Waals surface area contributed by atoms with Gasteiger partial charge in [0.1, 0.15) is 0 Å². The first kappa shape index (κ1) is 12.4. The Bertz CT molecular complexity index is 334. The first-order valence-corrected chi connectivity index (χ1v) is 5.29. The van der Waals surface area contributed by atoms with Crippen LogP contribution >= 0.6 is 46.4 Å². The molecule has 4 N–H and O–H groups in total. The van der Waals surface area contributed by atoms with E-state index in [4.69, 9.17) is 57.9 Å². The zero-order valence-corrected chi connectivity index (χ0v) is 10.1. The highest BCUT2D eigenvalue weighted by atomic mass is 35.5. The van der Waals surface area contributed by atoms with Crippen molar-refractivity contribution in [3.05, 3.63) is 31.2 Å². The van der Waals surface area contributed by atoms with E-state index in [-0.39, 0.29) is 18.1 Å². The van der Waals surface area contributed by atoms with E-state index in [1.165, 1.54) is 0 Å². The summed E-state index contributed by atoms with van der Waals surface area (Å²) in [7, 11) is 0. The summed E-state index contributed by atoms with van der Waals surface area (Å²) in [5.74, 6) is 0. The Balaban J connectivity index is 3.56. The fraction of sp³-hybridized carbons (Fsp3) is 0.250. The normalized spacial score (nSPS) is 10.7. The maximum atomic E-state index is 6.00. The summed E-state index contributed by atoms with van der Waals surface area (Å²) < 4.78 is 0. The van der Waals surface area contributed by atoms with Crippen molar-refractivity contribution in [2.45, 2.75) is 13.1 Å². The summed E-state index contributed by atoms with van der Waals surface area (Å²) in [5, 5.41) is 1.23. The van der Waals surface area contributed by atoms with E-state index < -0.39 is 0 Å². The monoisotopic (exact) mass is 272 g/mol. The summed E-state index contributed by atoms with van der Waals surface area (Å²) >= 11 is 23.7. The van der Waals surface area contributed by atoms with Gasteiger partial charge in [-0.2, -0.15) is 0 Å². The van der Waals surface area contributed by atoms with Gasteiger partial charge in [-0.15, -0.1) is 0 Å². The highest BCUT2D eigenvalue weighted by Crippen LogP contribution is 2.40. The number of benzene rings is 1. The van der Waals surface area contributed by atoms with Crippen LogP contribution in [0.2, 0.25) is 20.1 Å². The molecule has 0 aromatic heterocycles. The molecule has 0 aliphatic carbocycles. The third kappa shape index (κ3) is 1.96. The van der Waals surface area contributed by atoms with Crippen LogP contribution in [0.4, 0.5) is 0 Å². The quantitative estimate of drug-likeness (QED) is 0.642. The van der Waals surface area contributed by atoms with Gasteiger partial charge in [-0.05, 0) is 0 Å². The van der Waals surface area contributed by atoms with E-state index in [1.807, 2.05) is 0 Å². The highest BCUT2D eigenvalue weighted by Gasteiger charge is 2.17. The lowest BCUT2D eigenvalue weighted by Gasteiger charge is -2.13. The third-order valence-corrected chi connectivity index (χ3v) is 3.72. The molecule has 0 amide bonds. The Hall–Kier alpha value is 0.300. The van der Waals surface area contributed by atoms with Crippen molar-refractivity contribution in [3.8, 4) is 0 Å². The van der Waals surface area contributed by atoms with E-state index in [9.17, 15) is 0 Å². The molecule has 0 saturated heterocycles. The van der Waals surface area contributed by atoms with Crippen LogP contribution in [0.15, 0.2) is 0 Å². The first-order chi connectivity index (χ1) is 6.54. The lowest BCUT2D eigenvalue weighted by Crippen LogP contribution is -2.05. The topological polar surface area (TPSA) is 52.0 Å². The predicted molar refractivity (Wildman–Crippen MR) is 62.3 cm³/mol. The second-order valence-electron chi connectivity index (χ2n) is 2.62. The molecule has 0 spiro atoms. The fourth-order valence-electron chi connectivity index (χ4n) is 1.09. The van der Waals surface area contributed by atoms with Gasteiger partial charge < -0.3 is 11.5 Å². The minimum atomic E-state index is 0.196. The van der Waals surface area contributed by atoms with Gasteiger partial charge in [0.05, 0.1) is 20.1 Å². The molecule has 0 saturated carbocycles. The van der Waals surface area contributed by atoms with Crippen LogP contribution in [0, 0.1) is 0 Å². The molecule has 6 heteroatoms. The largest absolute Gasteiger partial charge is 0.326 e. The van der Waals surface area contributed by atoms with E-state index >= 15 is 0 Å². The van der Waals surface area contributed by atoms with E-state index in [0.717, 1.165) is 0 Å². The fourth-order valence-corrected chi connectivity index (χ4v) is 2.34. The van der Waals surface area contributed by atoms with Crippen molar-refractivity contribution >= 4 is 46.4 Å². The van der Waals surface area contributed by atoms with Crippen LogP contribution < -0.4 is 11.5 Å². The van der Waals surface area contributed by atoms with Crippen molar-refractivity contribution < 1.29 is 0 Å². The van der Waals surface area contributed by atoms with E-state index in [1.54, 1.807) is 0 Å². The van der Waals surface area contributed by atoms with Crippen LogP contribution in [-0.4, -0.2) is 0 Å². The number of halogens is 4. The molecule has 14 heavy (non-hydrogen) atoms. The van der Waals surface area contributed by atoms with Gasteiger partial charge in [0.2, 0.25) is 0 Å². The Morgan fingerprint density at radius 2 is 1.00 bits per heavy atom. The zero-order valence-electron chi connectivity index (χ0n) is 7.08. The van der Waals surface area contributed by atoms with Crippen LogP contribution in [0.1, 0.15) is 11.1 Å². The van der Waals surface area contributed by atoms with E-state index in [2.05, 4.69) is 0 Å². The molecule has 0 bridgehead atoms. The molecule has 1 aromatic rings. The Morgan fingerprint density at radius 3 is 1.29 bits per heavy atom. The van der Waals surface area contributed by atoms with Crippen molar-refractivity contribution in [2.24, 2.45) is 11.5 Å². The summed E-state index contributed by atoms with van der Waals surface area (Å²) in [6.45, 7) is 0.392. The number of hydrogen-bond acceptors (Lipinski definition) is 2. The molecule has 0 heterocycles. The van der Waals surface area contributed by atoms with Crippen molar-refractivity contribution in [1.82, 2.24) is 0 Å². The molecule has 78 valence electrons.